The number of pyridine rings is 1. The van der Waals surface area contributed by atoms with Crippen LogP contribution < -0.4 is 10.6 Å². The number of hydrogen-bond donors (Lipinski definition) is 2. The van der Waals surface area contributed by atoms with Crippen molar-refractivity contribution >= 4 is 11.6 Å². The minimum Gasteiger partial charge on any atom is -0.383 e. The van der Waals surface area contributed by atoms with Crippen molar-refractivity contribution in [1.29, 1.82) is 0 Å². The summed E-state index contributed by atoms with van der Waals surface area (Å²) in [6.07, 6.45) is 11.2. The topological polar surface area (TPSA) is 54.0 Å². The van der Waals surface area contributed by atoms with E-state index in [1.807, 2.05) is 6.92 Å². The molecule has 1 aliphatic rings. The average molecular weight is 275 g/mol. The molecule has 0 radical (unpaired) electrons. The molecule has 1 amide bonds. The Hall–Kier alpha value is -1.58. The van der Waals surface area contributed by atoms with Crippen LogP contribution in [0.25, 0.3) is 0 Å². The van der Waals surface area contributed by atoms with Gasteiger partial charge in [-0.3, -0.25) is 9.78 Å². The normalized spacial score (nSPS) is 15.2. The first-order chi connectivity index (χ1) is 9.81. The Balaban J connectivity index is 1.76. The average Bonchev–Trinajstić information content (AvgIpc) is 2.97. The third-order valence-corrected chi connectivity index (χ3v) is 3.98. The lowest BCUT2D eigenvalue weighted by atomic mass is 10.0. The fourth-order valence-electron chi connectivity index (χ4n) is 2.91. The van der Waals surface area contributed by atoms with E-state index in [1.54, 1.807) is 18.5 Å². The zero-order valence-electron chi connectivity index (χ0n) is 12.3. The van der Waals surface area contributed by atoms with E-state index in [0.29, 0.717) is 5.56 Å². The summed E-state index contributed by atoms with van der Waals surface area (Å²) in [5.41, 5.74) is 1.49. The van der Waals surface area contributed by atoms with Crippen LogP contribution in [0.5, 0.6) is 0 Å². The van der Waals surface area contributed by atoms with E-state index in [1.165, 1.54) is 32.1 Å². The Bertz CT molecular complexity index is 427. The fourth-order valence-corrected chi connectivity index (χ4v) is 2.91. The quantitative estimate of drug-likeness (QED) is 0.751. The van der Waals surface area contributed by atoms with Gasteiger partial charge in [0.2, 0.25) is 0 Å². The van der Waals surface area contributed by atoms with E-state index in [2.05, 4.69) is 15.6 Å². The van der Waals surface area contributed by atoms with Crippen molar-refractivity contribution in [2.75, 3.05) is 18.4 Å². The van der Waals surface area contributed by atoms with Gasteiger partial charge < -0.3 is 10.6 Å². The number of hydrogen-bond acceptors (Lipinski definition) is 3. The van der Waals surface area contributed by atoms with Crippen molar-refractivity contribution < 1.29 is 4.79 Å². The number of anilines is 1. The maximum Gasteiger partial charge on any atom is 0.253 e. The SMILES string of the molecule is CCNc1cnccc1C(=O)NCCCC1CCCC1. The molecule has 0 aromatic carbocycles. The summed E-state index contributed by atoms with van der Waals surface area (Å²) >= 11 is 0. The van der Waals surface area contributed by atoms with Gasteiger partial charge in [0.25, 0.3) is 5.91 Å². The largest absolute Gasteiger partial charge is 0.383 e. The summed E-state index contributed by atoms with van der Waals surface area (Å²) in [7, 11) is 0. The highest BCUT2D eigenvalue weighted by molar-refractivity contribution is 5.99. The van der Waals surface area contributed by atoms with Crippen LogP contribution in [0.15, 0.2) is 18.5 Å². The molecule has 0 spiro atoms. The molecule has 0 bridgehead atoms. The maximum absolute atomic E-state index is 12.2. The summed E-state index contributed by atoms with van der Waals surface area (Å²) in [6.45, 7) is 3.56. The number of rotatable bonds is 7. The lowest BCUT2D eigenvalue weighted by Crippen LogP contribution is -2.25. The molecule has 0 atom stereocenters. The second kappa shape index (κ2) is 7.88. The van der Waals surface area contributed by atoms with Gasteiger partial charge in [-0.15, -0.1) is 0 Å². The van der Waals surface area contributed by atoms with E-state index >= 15 is 0 Å². The van der Waals surface area contributed by atoms with Crippen molar-refractivity contribution in [3.05, 3.63) is 24.0 Å². The molecule has 4 heteroatoms. The van der Waals surface area contributed by atoms with Gasteiger partial charge in [-0.1, -0.05) is 25.7 Å². The van der Waals surface area contributed by atoms with E-state index in [0.717, 1.165) is 31.1 Å². The van der Waals surface area contributed by atoms with Crippen molar-refractivity contribution in [2.45, 2.75) is 45.4 Å². The smallest absolute Gasteiger partial charge is 0.253 e. The summed E-state index contributed by atoms with van der Waals surface area (Å²) in [4.78, 5) is 16.2. The lowest BCUT2D eigenvalue weighted by molar-refractivity contribution is 0.0953. The molecule has 1 aromatic heterocycles. The van der Waals surface area contributed by atoms with Gasteiger partial charge >= 0.3 is 0 Å². The Morgan fingerprint density at radius 3 is 2.95 bits per heavy atom. The minimum absolute atomic E-state index is 0.00484. The number of carbonyl (C=O) groups is 1. The number of amides is 1. The number of nitrogens with one attached hydrogen (secondary N) is 2. The van der Waals surface area contributed by atoms with Crippen LogP contribution in [0, 0.1) is 5.92 Å². The summed E-state index contributed by atoms with van der Waals surface area (Å²) in [5.74, 6) is 0.889. The monoisotopic (exact) mass is 275 g/mol. The van der Waals surface area contributed by atoms with Gasteiger partial charge in [-0.05, 0) is 31.7 Å². The van der Waals surface area contributed by atoms with Crippen LogP contribution in [0.2, 0.25) is 0 Å². The van der Waals surface area contributed by atoms with Crippen LogP contribution in [0.4, 0.5) is 5.69 Å². The standard InChI is InChI=1S/C16H25N3O/c1-2-18-15-12-17-11-9-14(15)16(20)19-10-5-8-13-6-3-4-7-13/h9,11-13,18H,2-8,10H2,1H3,(H,19,20). The van der Waals surface area contributed by atoms with Crippen molar-refractivity contribution in [1.82, 2.24) is 10.3 Å². The van der Waals surface area contributed by atoms with Crippen LogP contribution in [-0.2, 0) is 0 Å². The molecule has 0 unspecified atom stereocenters. The molecule has 1 fully saturated rings. The van der Waals surface area contributed by atoms with E-state index in [4.69, 9.17) is 0 Å². The maximum atomic E-state index is 12.2. The molecular weight excluding hydrogens is 250 g/mol. The highest BCUT2D eigenvalue weighted by Gasteiger charge is 2.15. The van der Waals surface area contributed by atoms with E-state index in [-0.39, 0.29) is 5.91 Å². The molecule has 1 aromatic rings. The van der Waals surface area contributed by atoms with Gasteiger partial charge in [0.1, 0.15) is 0 Å². The number of aromatic nitrogens is 1. The van der Waals surface area contributed by atoms with Gasteiger partial charge in [-0.25, -0.2) is 0 Å². The predicted octanol–water partition coefficient (Wildman–Crippen LogP) is 3.21. The second-order valence-corrected chi connectivity index (χ2v) is 5.50. The zero-order valence-corrected chi connectivity index (χ0v) is 12.3. The molecular formula is C16H25N3O. The lowest BCUT2D eigenvalue weighted by Gasteiger charge is -2.11. The Kier molecular flexibility index (Phi) is 5.84. The highest BCUT2D eigenvalue weighted by atomic mass is 16.1. The Morgan fingerprint density at radius 1 is 1.40 bits per heavy atom. The van der Waals surface area contributed by atoms with Crippen molar-refractivity contribution in [3.8, 4) is 0 Å². The van der Waals surface area contributed by atoms with Gasteiger partial charge in [0, 0.05) is 19.3 Å². The fraction of sp³-hybridized carbons (Fsp3) is 0.625. The minimum atomic E-state index is -0.00484. The molecule has 1 heterocycles. The molecule has 2 N–H and O–H groups in total. The molecule has 110 valence electrons. The van der Waals surface area contributed by atoms with Gasteiger partial charge in [0.05, 0.1) is 17.4 Å². The molecule has 0 saturated heterocycles. The van der Waals surface area contributed by atoms with Gasteiger partial charge in [0.15, 0.2) is 0 Å². The summed E-state index contributed by atoms with van der Waals surface area (Å²) < 4.78 is 0. The second-order valence-electron chi connectivity index (χ2n) is 5.50. The molecule has 2 rings (SSSR count). The summed E-state index contributed by atoms with van der Waals surface area (Å²) in [6, 6.07) is 1.77. The van der Waals surface area contributed by atoms with Gasteiger partial charge in [-0.2, -0.15) is 0 Å². The molecule has 1 aliphatic carbocycles. The van der Waals surface area contributed by atoms with Crippen LogP contribution in [0.3, 0.4) is 0 Å². The van der Waals surface area contributed by atoms with E-state index in [9.17, 15) is 4.79 Å². The third kappa shape index (κ3) is 4.22. The molecule has 4 nitrogen and oxygen atoms in total. The number of carbonyl (C=O) groups excluding carboxylic acids is 1. The van der Waals surface area contributed by atoms with Crippen LogP contribution in [-0.4, -0.2) is 24.0 Å². The van der Waals surface area contributed by atoms with Crippen molar-refractivity contribution in [3.63, 3.8) is 0 Å². The third-order valence-electron chi connectivity index (χ3n) is 3.98. The highest BCUT2D eigenvalue weighted by Crippen LogP contribution is 2.28. The van der Waals surface area contributed by atoms with E-state index < -0.39 is 0 Å². The summed E-state index contributed by atoms with van der Waals surface area (Å²) in [5, 5.41) is 6.18. The molecule has 0 aliphatic heterocycles. The van der Waals surface area contributed by atoms with Crippen LogP contribution in [0.1, 0.15) is 55.8 Å². The zero-order chi connectivity index (χ0) is 14.2. The first kappa shape index (κ1) is 14.8. The Labute approximate surface area is 121 Å². The first-order valence-electron chi connectivity index (χ1n) is 7.77. The number of nitrogens with zero attached hydrogens (tertiary/aromatic N) is 1. The Morgan fingerprint density at radius 2 is 2.20 bits per heavy atom. The predicted molar refractivity (Wildman–Crippen MR) is 81.9 cm³/mol. The first-order valence-corrected chi connectivity index (χ1v) is 7.77. The molecule has 20 heavy (non-hydrogen) atoms. The van der Waals surface area contributed by atoms with Crippen molar-refractivity contribution in [2.24, 2.45) is 5.92 Å². The molecule has 1 saturated carbocycles. The van der Waals surface area contributed by atoms with Crippen LogP contribution >= 0.6 is 0 Å².